The Hall–Kier alpha value is -2.10. The lowest BCUT2D eigenvalue weighted by atomic mass is 9.93. The first-order valence-corrected chi connectivity index (χ1v) is 7.20. The molecule has 2 aromatic rings. The number of urea groups is 1. The van der Waals surface area contributed by atoms with Crippen molar-refractivity contribution in [3.63, 3.8) is 0 Å². The molecule has 1 aromatic heterocycles. The Labute approximate surface area is 118 Å². The molecule has 104 valence electrons. The summed E-state index contributed by atoms with van der Waals surface area (Å²) in [6.45, 7) is 0.633. The number of carbonyl (C=O) groups excluding carboxylic acids is 1. The number of nitrogens with one attached hydrogen (secondary N) is 2. The zero-order valence-electron chi connectivity index (χ0n) is 11.4. The molecule has 1 aliphatic carbocycles. The summed E-state index contributed by atoms with van der Waals surface area (Å²) in [6.07, 6.45) is 6.06. The molecule has 0 saturated heterocycles. The van der Waals surface area contributed by atoms with Crippen LogP contribution in [-0.4, -0.2) is 23.6 Å². The van der Waals surface area contributed by atoms with Gasteiger partial charge >= 0.3 is 6.03 Å². The second-order valence-electron chi connectivity index (χ2n) is 5.27. The highest BCUT2D eigenvalue weighted by Crippen LogP contribution is 2.18. The van der Waals surface area contributed by atoms with Crippen LogP contribution >= 0.6 is 0 Å². The number of amides is 2. The number of pyridine rings is 1. The molecule has 1 saturated carbocycles. The van der Waals surface area contributed by atoms with Crippen LogP contribution in [-0.2, 0) is 6.42 Å². The maximum atomic E-state index is 11.7. The Morgan fingerprint density at radius 1 is 1.25 bits per heavy atom. The molecule has 20 heavy (non-hydrogen) atoms. The molecular formula is C16H19N3O. The van der Waals surface area contributed by atoms with Crippen LogP contribution in [0.3, 0.4) is 0 Å². The normalized spacial score (nSPS) is 14.8. The van der Waals surface area contributed by atoms with E-state index in [-0.39, 0.29) is 6.03 Å². The van der Waals surface area contributed by atoms with E-state index in [1.165, 1.54) is 12.0 Å². The summed E-state index contributed by atoms with van der Waals surface area (Å²) < 4.78 is 0. The number of benzene rings is 1. The van der Waals surface area contributed by atoms with Crippen molar-refractivity contribution >= 4 is 16.9 Å². The van der Waals surface area contributed by atoms with E-state index in [9.17, 15) is 4.79 Å². The van der Waals surface area contributed by atoms with Gasteiger partial charge in [-0.1, -0.05) is 24.3 Å². The molecular weight excluding hydrogens is 250 g/mol. The Balaban J connectivity index is 1.55. The van der Waals surface area contributed by atoms with Crippen molar-refractivity contribution in [1.29, 1.82) is 0 Å². The quantitative estimate of drug-likeness (QED) is 0.896. The Bertz CT molecular complexity index is 602. The lowest BCUT2D eigenvalue weighted by molar-refractivity contribution is 0.228. The molecule has 1 fully saturated rings. The standard InChI is InChI=1S/C16H19N3O/c20-16(19-14-7-2-8-14)18-11-9-13-5-1-4-12-6-3-10-17-15(12)13/h1,3-6,10,14H,2,7-9,11H2,(H2,18,19,20). The molecule has 2 N–H and O–H groups in total. The number of nitrogens with zero attached hydrogens (tertiary/aromatic N) is 1. The Kier molecular flexibility index (Phi) is 3.81. The van der Waals surface area contributed by atoms with Crippen LogP contribution in [0.2, 0.25) is 0 Å². The van der Waals surface area contributed by atoms with E-state index >= 15 is 0 Å². The van der Waals surface area contributed by atoms with Gasteiger partial charge in [-0.05, 0) is 37.3 Å². The number of aromatic nitrogens is 1. The first-order chi connectivity index (χ1) is 9.83. The minimum atomic E-state index is -0.0529. The number of carbonyl (C=O) groups is 1. The summed E-state index contributed by atoms with van der Waals surface area (Å²) in [5.74, 6) is 0. The summed E-state index contributed by atoms with van der Waals surface area (Å²) in [5.41, 5.74) is 2.20. The molecule has 0 aliphatic heterocycles. The maximum absolute atomic E-state index is 11.7. The zero-order chi connectivity index (χ0) is 13.8. The molecule has 0 unspecified atom stereocenters. The largest absolute Gasteiger partial charge is 0.338 e. The first kappa shape index (κ1) is 12.9. The zero-order valence-corrected chi connectivity index (χ0v) is 11.4. The topological polar surface area (TPSA) is 54.0 Å². The average Bonchev–Trinajstić information content (AvgIpc) is 2.43. The Morgan fingerprint density at radius 2 is 2.10 bits per heavy atom. The lowest BCUT2D eigenvalue weighted by Gasteiger charge is -2.26. The van der Waals surface area contributed by atoms with Crippen molar-refractivity contribution in [3.8, 4) is 0 Å². The van der Waals surface area contributed by atoms with Crippen LogP contribution in [0.5, 0.6) is 0 Å². The first-order valence-electron chi connectivity index (χ1n) is 7.20. The van der Waals surface area contributed by atoms with Crippen molar-refractivity contribution < 1.29 is 4.79 Å². The van der Waals surface area contributed by atoms with E-state index in [4.69, 9.17) is 0 Å². The molecule has 2 amide bonds. The number of hydrogen-bond donors (Lipinski definition) is 2. The molecule has 0 atom stereocenters. The van der Waals surface area contributed by atoms with Gasteiger partial charge in [0.05, 0.1) is 5.52 Å². The van der Waals surface area contributed by atoms with Gasteiger partial charge in [0.1, 0.15) is 0 Å². The van der Waals surface area contributed by atoms with E-state index < -0.39 is 0 Å². The summed E-state index contributed by atoms with van der Waals surface area (Å²) in [6, 6.07) is 10.5. The maximum Gasteiger partial charge on any atom is 0.315 e. The second kappa shape index (κ2) is 5.90. The third-order valence-corrected chi connectivity index (χ3v) is 3.84. The second-order valence-corrected chi connectivity index (χ2v) is 5.27. The summed E-state index contributed by atoms with van der Waals surface area (Å²) >= 11 is 0. The van der Waals surface area contributed by atoms with E-state index in [1.54, 1.807) is 0 Å². The van der Waals surface area contributed by atoms with Crippen LogP contribution in [0.15, 0.2) is 36.5 Å². The van der Waals surface area contributed by atoms with Crippen LogP contribution < -0.4 is 10.6 Å². The van der Waals surface area contributed by atoms with Crippen molar-refractivity contribution in [2.45, 2.75) is 31.7 Å². The fraction of sp³-hybridized carbons (Fsp3) is 0.375. The molecule has 0 bridgehead atoms. The lowest BCUT2D eigenvalue weighted by Crippen LogP contribution is -2.45. The molecule has 1 aliphatic rings. The fourth-order valence-corrected chi connectivity index (χ4v) is 2.47. The molecule has 0 spiro atoms. The molecule has 1 heterocycles. The third kappa shape index (κ3) is 2.90. The van der Waals surface area contributed by atoms with Gasteiger partial charge in [-0.15, -0.1) is 0 Å². The van der Waals surface area contributed by atoms with Gasteiger partial charge in [0.2, 0.25) is 0 Å². The minimum Gasteiger partial charge on any atom is -0.338 e. The number of rotatable bonds is 4. The summed E-state index contributed by atoms with van der Waals surface area (Å²) in [4.78, 5) is 16.1. The summed E-state index contributed by atoms with van der Waals surface area (Å²) in [7, 11) is 0. The number of para-hydroxylation sites is 1. The van der Waals surface area contributed by atoms with E-state index in [1.807, 2.05) is 18.3 Å². The predicted molar refractivity (Wildman–Crippen MR) is 79.6 cm³/mol. The van der Waals surface area contributed by atoms with Gasteiger partial charge < -0.3 is 10.6 Å². The van der Waals surface area contributed by atoms with Crippen LogP contribution in [0.25, 0.3) is 10.9 Å². The van der Waals surface area contributed by atoms with Crippen LogP contribution in [0.4, 0.5) is 4.79 Å². The van der Waals surface area contributed by atoms with E-state index in [0.29, 0.717) is 12.6 Å². The number of fused-ring (bicyclic) bond motifs is 1. The number of hydrogen-bond acceptors (Lipinski definition) is 2. The predicted octanol–water partition coefficient (Wildman–Crippen LogP) is 2.63. The molecule has 0 radical (unpaired) electrons. The van der Waals surface area contributed by atoms with Crippen molar-refractivity contribution in [2.75, 3.05) is 6.54 Å². The molecule has 4 nitrogen and oxygen atoms in total. The van der Waals surface area contributed by atoms with Crippen molar-refractivity contribution in [1.82, 2.24) is 15.6 Å². The van der Waals surface area contributed by atoms with Gasteiger partial charge in [-0.25, -0.2) is 4.79 Å². The van der Waals surface area contributed by atoms with E-state index in [0.717, 1.165) is 30.2 Å². The van der Waals surface area contributed by atoms with Crippen molar-refractivity contribution in [2.24, 2.45) is 0 Å². The van der Waals surface area contributed by atoms with Crippen molar-refractivity contribution in [3.05, 3.63) is 42.1 Å². The average molecular weight is 269 g/mol. The molecule has 3 rings (SSSR count). The van der Waals surface area contributed by atoms with E-state index in [2.05, 4.69) is 33.8 Å². The fourth-order valence-electron chi connectivity index (χ4n) is 2.47. The SMILES string of the molecule is O=C(NCCc1cccc2cccnc12)NC1CCC1. The van der Waals surface area contributed by atoms with Gasteiger partial charge in [-0.2, -0.15) is 0 Å². The third-order valence-electron chi connectivity index (χ3n) is 3.84. The highest BCUT2D eigenvalue weighted by atomic mass is 16.2. The molecule has 1 aromatic carbocycles. The van der Waals surface area contributed by atoms with Crippen LogP contribution in [0, 0.1) is 0 Å². The highest BCUT2D eigenvalue weighted by molar-refractivity contribution is 5.81. The molecule has 4 heteroatoms. The van der Waals surface area contributed by atoms with Gasteiger partial charge in [0.15, 0.2) is 0 Å². The van der Waals surface area contributed by atoms with Gasteiger partial charge in [0.25, 0.3) is 0 Å². The van der Waals surface area contributed by atoms with Crippen LogP contribution in [0.1, 0.15) is 24.8 Å². The Morgan fingerprint density at radius 3 is 2.90 bits per heavy atom. The smallest absolute Gasteiger partial charge is 0.315 e. The minimum absolute atomic E-state index is 0.0529. The summed E-state index contributed by atoms with van der Waals surface area (Å²) in [5, 5.41) is 7.03. The van der Waals surface area contributed by atoms with Gasteiger partial charge in [0, 0.05) is 24.2 Å². The highest BCUT2D eigenvalue weighted by Gasteiger charge is 2.18. The monoisotopic (exact) mass is 269 g/mol. The van der Waals surface area contributed by atoms with Gasteiger partial charge in [-0.3, -0.25) is 4.98 Å².